The summed E-state index contributed by atoms with van der Waals surface area (Å²) in [5.41, 5.74) is 0.462. The molecular weight excluding hydrogens is 399 g/mol. The van der Waals surface area contributed by atoms with Gasteiger partial charge in [0.25, 0.3) is 0 Å². The second kappa shape index (κ2) is 12.3. The fourth-order valence-corrected chi connectivity index (χ4v) is 3.36. The van der Waals surface area contributed by atoms with Crippen molar-refractivity contribution in [2.24, 2.45) is 10.4 Å². The molecule has 138 valence electrons. The summed E-state index contributed by atoms with van der Waals surface area (Å²) in [5.74, 6) is 0.962. The van der Waals surface area contributed by atoms with Crippen LogP contribution >= 0.6 is 24.0 Å². The monoisotopic (exact) mass is 438 g/mol. The third kappa shape index (κ3) is 9.13. The topological polar surface area (TPSA) is 39.7 Å². The van der Waals surface area contributed by atoms with Gasteiger partial charge in [0.15, 0.2) is 5.96 Å². The molecule has 0 heterocycles. The van der Waals surface area contributed by atoms with Crippen LogP contribution in [0.5, 0.6) is 0 Å². The van der Waals surface area contributed by atoms with E-state index in [0.717, 1.165) is 25.6 Å². The largest absolute Gasteiger partial charge is 0.356 e. The van der Waals surface area contributed by atoms with Crippen LogP contribution in [0.25, 0.3) is 0 Å². The molecule has 1 fully saturated rings. The molecule has 2 N–H and O–H groups in total. The third-order valence-electron chi connectivity index (χ3n) is 5.11. The highest BCUT2D eigenvalue weighted by Gasteiger charge is 2.28. The second-order valence-corrected chi connectivity index (χ2v) is 7.16. The van der Waals surface area contributed by atoms with Crippen molar-refractivity contribution in [2.75, 3.05) is 33.2 Å². The van der Waals surface area contributed by atoms with Crippen LogP contribution in [0, 0.1) is 5.41 Å². The molecule has 0 amide bonds. The summed E-state index contributed by atoms with van der Waals surface area (Å²) in [7, 11) is 1.87. The molecule has 0 aromatic carbocycles. The van der Waals surface area contributed by atoms with E-state index in [4.69, 9.17) is 0 Å². The Hall–Kier alpha value is -0.0400. The SMILES string of the molecule is CCN(CC)CCCC(C)NC(=NC)NCC1(C)CCCC1.I. The summed E-state index contributed by atoms with van der Waals surface area (Å²) in [4.78, 5) is 6.87. The molecule has 1 atom stereocenters. The smallest absolute Gasteiger partial charge is 0.191 e. The van der Waals surface area contributed by atoms with E-state index in [0.29, 0.717) is 11.5 Å². The first kappa shape index (κ1) is 23.0. The minimum absolute atomic E-state index is 0. The van der Waals surface area contributed by atoms with Crippen molar-refractivity contribution in [3.8, 4) is 0 Å². The Bertz CT molecular complexity index is 323. The Kier molecular flexibility index (Phi) is 12.3. The predicted molar refractivity (Wildman–Crippen MR) is 113 cm³/mol. The average Bonchev–Trinajstić information content (AvgIpc) is 2.95. The van der Waals surface area contributed by atoms with Crippen LogP contribution in [-0.2, 0) is 0 Å². The van der Waals surface area contributed by atoms with Crippen molar-refractivity contribution >= 4 is 29.9 Å². The molecule has 1 aliphatic carbocycles. The van der Waals surface area contributed by atoms with E-state index < -0.39 is 0 Å². The van der Waals surface area contributed by atoms with Gasteiger partial charge in [0.1, 0.15) is 0 Å². The van der Waals surface area contributed by atoms with Crippen LogP contribution in [0.15, 0.2) is 4.99 Å². The van der Waals surface area contributed by atoms with Gasteiger partial charge in [-0.25, -0.2) is 0 Å². The van der Waals surface area contributed by atoms with Gasteiger partial charge in [-0.3, -0.25) is 4.99 Å². The molecule has 1 saturated carbocycles. The molecule has 0 bridgehead atoms. The van der Waals surface area contributed by atoms with Crippen LogP contribution in [0.3, 0.4) is 0 Å². The van der Waals surface area contributed by atoms with Crippen molar-refractivity contribution in [3.63, 3.8) is 0 Å². The minimum Gasteiger partial charge on any atom is -0.356 e. The van der Waals surface area contributed by atoms with Crippen LogP contribution in [0.4, 0.5) is 0 Å². The van der Waals surface area contributed by atoms with Crippen molar-refractivity contribution in [1.82, 2.24) is 15.5 Å². The summed E-state index contributed by atoms with van der Waals surface area (Å²) in [6.07, 6.45) is 7.88. The Balaban J connectivity index is 0.00000484. The zero-order valence-electron chi connectivity index (χ0n) is 16.0. The van der Waals surface area contributed by atoms with E-state index >= 15 is 0 Å². The van der Waals surface area contributed by atoms with Gasteiger partial charge < -0.3 is 15.5 Å². The highest BCUT2D eigenvalue weighted by Crippen LogP contribution is 2.36. The Morgan fingerprint density at radius 2 is 1.83 bits per heavy atom. The molecule has 0 aliphatic heterocycles. The summed E-state index contributed by atoms with van der Waals surface area (Å²) in [6, 6.07) is 0.471. The van der Waals surface area contributed by atoms with Crippen molar-refractivity contribution in [3.05, 3.63) is 0 Å². The average molecular weight is 438 g/mol. The predicted octanol–water partition coefficient (Wildman–Crippen LogP) is 3.86. The number of hydrogen-bond donors (Lipinski definition) is 2. The third-order valence-corrected chi connectivity index (χ3v) is 5.11. The van der Waals surface area contributed by atoms with Gasteiger partial charge in [-0.05, 0) is 57.7 Å². The van der Waals surface area contributed by atoms with Gasteiger partial charge in [0.2, 0.25) is 0 Å². The number of nitrogens with zero attached hydrogens (tertiary/aromatic N) is 2. The van der Waals surface area contributed by atoms with Gasteiger partial charge in [0.05, 0.1) is 0 Å². The van der Waals surface area contributed by atoms with E-state index in [2.05, 4.69) is 48.2 Å². The van der Waals surface area contributed by atoms with Crippen LogP contribution < -0.4 is 10.6 Å². The summed E-state index contributed by atoms with van der Waals surface area (Å²) in [6.45, 7) is 13.7. The molecule has 1 unspecified atom stereocenters. The zero-order chi connectivity index (χ0) is 16.4. The molecule has 0 spiro atoms. The van der Waals surface area contributed by atoms with Crippen molar-refractivity contribution < 1.29 is 0 Å². The van der Waals surface area contributed by atoms with E-state index in [1.54, 1.807) is 0 Å². The van der Waals surface area contributed by atoms with E-state index in [1.807, 2.05) is 7.05 Å². The Morgan fingerprint density at radius 3 is 2.35 bits per heavy atom. The van der Waals surface area contributed by atoms with Crippen LogP contribution in [0.1, 0.15) is 66.2 Å². The summed E-state index contributed by atoms with van der Waals surface area (Å²) >= 11 is 0. The molecule has 5 heteroatoms. The number of aliphatic imine (C=N–C) groups is 1. The lowest BCUT2D eigenvalue weighted by Crippen LogP contribution is -2.45. The number of rotatable bonds is 9. The van der Waals surface area contributed by atoms with E-state index in [1.165, 1.54) is 45.1 Å². The number of guanidine groups is 1. The first-order valence-corrected chi connectivity index (χ1v) is 9.22. The van der Waals surface area contributed by atoms with Crippen molar-refractivity contribution in [2.45, 2.75) is 72.3 Å². The lowest BCUT2D eigenvalue weighted by atomic mass is 9.89. The highest BCUT2D eigenvalue weighted by molar-refractivity contribution is 14.0. The Morgan fingerprint density at radius 1 is 1.22 bits per heavy atom. The van der Waals surface area contributed by atoms with Gasteiger partial charge in [-0.2, -0.15) is 0 Å². The fraction of sp³-hybridized carbons (Fsp3) is 0.944. The normalized spacial score (nSPS) is 18.6. The first-order chi connectivity index (χ1) is 10.5. The lowest BCUT2D eigenvalue weighted by Gasteiger charge is -2.26. The maximum absolute atomic E-state index is 4.38. The molecule has 0 aromatic heterocycles. The molecule has 0 saturated heterocycles. The summed E-state index contributed by atoms with van der Waals surface area (Å²) < 4.78 is 0. The molecule has 1 rings (SSSR count). The maximum atomic E-state index is 4.38. The molecule has 23 heavy (non-hydrogen) atoms. The molecule has 4 nitrogen and oxygen atoms in total. The fourth-order valence-electron chi connectivity index (χ4n) is 3.36. The second-order valence-electron chi connectivity index (χ2n) is 7.16. The van der Waals surface area contributed by atoms with Gasteiger partial charge in [0, 0.05) is 19.6 Å². The van der Waals surface area contributed by atoms with Crippen LogP contribution in [0.2, 0.25) is 0 Å². The summed E-state index contributed by atoms with van der Waals surface area (Å²) in [5, 5.41) is 7.07. The molecule has 0 radical (unpaired) electrons. The first-order valence-electron chi connectivity index (χ1n) is 9.22. The van der Waals surface area contributed by atoms with E-state index in [-0.39, 0.29) is 24.0 Å². The standard InChI is InChI=1S/C18H38N4.HI/c1-6-22(7-2)14-10-11-16(3)21-17(19-5)20-15-18(4)12-8-9-13-18;/h16H,6-15H2,1-5H3,(H2,19,20,21);1H. The van der Waals surface area contributed by atoms with Crippen LogP contribution in [-0.4, -0.2) is 50.1 Å². The number of nitrogens with one attached hydrogen (secondary N) is 2. The molecular formula is C18H39IN4. The minimum atomic E-state index is 0. The van der Waals surface area contributed by atoms with E-state index in [9.17, 15) is 0 Å². The van der Waals surface area contributed by atoms with Gasteiger partial charge in [-0.15, -0.1) is 24.0 Å². The number of hydrogen-bond acceptors (Lipinski definition) is 2. The molecule has 0 aromatic rings. The molecule has 1 aliphatic rings. The van der Waals surface area contributed by atoms with Crippen molar-refractivity contribution in [1.29, 1.82) is 0 Å². The lowest BCUT2D eigenvalue weighted by molar-refractivity contribution is 0.292. The quantitative estimate of drug-likeness (QED) is 0.326. The maximum Gasteiger partial charge on any atom is 0.191 e. The Labute approximate surface area is 161 Å². The zero-order valence-corrected chi connectivity index (χ0v) is 18.3. The number of halogens is 1. The highest BCUT2D eigenvalue weighted by atomic mass is 127. The van der Waals surface area contributed by atoms with Gasteiger partial charge >= 0.3 is 0 Å². The van der Waals surface area contributed by atoms with Gasteiger partial charge in [-0.1, -0.05) is 33.6 Å².